The quantitative estimate of drug-likeness (QED) is 0.703. The normalized spacial score (nSPS) is 32.2. The fourth-order valence-electron chi connectivity index (χ4n) is 7.38. The van der Waals surface area contributed by atoms with Crippen LogP contribution in [0, 0.1) is 23.2 Å². The summed E-state index contributed by atoms with van der Waals surface area (Å²) in [5, 5.41) is 0. The molecule has 0 radical (unpaired) electrons. The van der Waals surface area contributed by atoms with Crippen molar-refractivity contribution in [3.63, 3.8) is 0 Å². The zero-order valence-corrected chi connectivity index (χ0v) is 19.6. The molecule has 32 heavy (non-hydrogen) atoms. The molecule has 0 saturated heterocycles. The zero-order chi connectivity index (χ0) is 22.5. The first-order chi connectivity index (χ1) is 15.3. The van der Waals surface area contributed by atoms with Crippen LogP contribution in [-0.2, 0) is 26.3 Å². The lowest BCUT2D eigenvalue weighted by Crippen LogP contribution is -2.44. The van der Waals surface area contributed by atoms with Crippen molar-refractivity contribution in [3.05, 3.63) is 29.3 Å². The Bertz CT molecular complexity index is 1030. The van der Waals surface area contributed by atoms with Gasteiger partial charge in [-0.1, -0.05) is 25.8 Å². The third kappa shape index (κ3) is 3.66. The van der Waals surface area contributed by atoms with Gasteiger partial charge in [-0.25, -0.2) is 4.72 Å². The summed E-state index contributed by atoms with van der Waals surface area (Å²) < 4.78 is 32.1. The van der Waals surface area contributed by atoms with Gasteiger partial charge in [0.15, 0.2) is 0 Å². The molecule has 0 aliphatic heterocycles. The third-order valence-electron chi connectivity index (χ3n) is 8.93. The number of hydrogen-bond donors (Lipinski definition) is 1. The van der Waals surface area contributed by atoms with Crippen LogP contribution in [0.4, 0.5) is 0 Å². The monoisotopic (exact) mass is 459 g/mol. The highest BCUT2D eigenvalue weighted by Crippen LogP contribution is 2.61. The number of amides is 1. The highest BCUT2D eigenvalue weighted by atomic mass is 32.2. The number of rotatable bonds is 5. The van der Waals surface area contributed by atoms with E-state index >= 15 is 0 Å². The molecule has 1 aromatic rings. The topological polar surface area (TPSA) is 89.5 Å². The molecule has 0 bridgehead atoms. The van der Waals surface area contributed by atoms with Crippen molar-refractivity contribution in [2.24, 2.45) is 23.2 Å². The Balaban J connectivity index is 1.31. The maximum atomic E-state index is 12.7. The summed E-state index contributed by atoms with van der Waals surface area (Å²) in [4.78, 5) is 24.9. The Morgan fingerprint density at radius 1 is 1.12 bits per heavy atom. The maximum Gasteiger partial charge on any atom is 0.409 e. The fraction of sp³-hybridized carbons (Fsp3) is 0.680. The minimum absolute atomic E-state index is 0.104. The number of fused-ring (bicyclic) bond motifs is 5. The van der Waals surface area contributed by atoms with Gasteiger partial charge in [-0.3, -0.25) is 9.59 Å². The lowest BCUT2D eigenvalue weighted by Gasteiger charge is -2.49. The van der Waals surface area contributed by atoms with Gasteiger partial charge in [0, 0.05) is 17.8 Å². The van der Waals surface area contributed by atoms with Crippen LogP contribution in [0.5, 0.6) is 5.75 Å². The minimum atomic E-state index is -4.19. The fourth-order valence-corrected chi connectivity index (χ4v) is 8.19. The average molecular weight is 460 g/mol. The highest BCUT2D eigenvalue weighted by molar-refractivity contribution is 7.85. The van der Waals surface area contributed by atoms with E-state index in [-0.39, 0.29) is 17.1 Å². The van der Waals surface area contributed by atoms with E-state index in [0.29, 0.717) is 23.5 Å². The third-order valence-corrected chi connectivity index (χ3v) is 9.79. The van der Waals surface area contributed by atoms with Crippen LogP contribution in [0.15, 0.2) is 18.2 Å². The average Bonchev–Trinajstić information content (AvgIpc) is 3.41. The summed E-state index contributed by atoms with van der Waals surface area (Å²) in [7, 11) is -4.19. The van der Waals surface area contributed by atoms with Gasteiger partial charge in [-0.2, -0.15) is 8.42 Å². The van der Waals surface area contributed by atoms with Crippen molar-refractivity contribution in [1.82, 2.24) is 4.72 Å². The van der Waals surface area contributed by atoms with Gasteiger partial charge in [0.1, 0.15) is 11.5 Å². The van der Waals surface area contributed by atoms with Crippen molar-refractivity contribution in [3.8, 4) is 5.75 Å². The molecule has 7 heteroatoms. The van der Waals surface area contributed by atoms with Crippen molar-refractivity contribution in [2.45, 2.75) is 83.5 Å². The second kappa shape index (κ2) is 8.15. The van der Waals surface area contributed by atoms with Crippen molar-refractivity contribution >= 4 is 22.0 Å². The largest absolute Gasteiger partial charge is 0.409 e. The molecule has 5 rings (SSSR count). The number of nitrogens with one attached hydrogen (secondary N) is 1. The molecule has 0 aromatic heterocycles. The van der Waals surface area contributed by atoms with Crippen LogP contribution in [0.25, 0.3) is 0 Å². The first-order valence-corrected chi connectivity index (χ1v) is 13.7. The Kier molecular flexibility index (Phi) is 5.59. The first kappa shape index (κ1) is 21.9. The van der Waals surface area contributed by atoms with Crippen LogP contribution >= 0.6 is 0 Å². The molecule has 4 unspecified atom stereocenters. The predicted octanol–water partition coefficient (Wildman–Crippen LogP) is 4.43. The molecule has 3 fully saturated rings. The molecule has 0 spiro atoms. The number of ketones is 1. The summed E-state index contributed by atoms with van der Waals surface area (Å²) >= 11 is 0. The smallest absolute Gasteiger partial charge is 0.367 e. The van der Waals surface area contributed by atoms with Crippen LogP contribution in [0.2, 0.25) is 0 Å². The summed E-state index contributed by atoms with van der Waals surface area (Å²) in [6, 6.07) is 5.54. The maximum absolute atomic E-state index is 12.7. The molecular weight excluding hydrogens is 426 g/mol. The van der Waals surface area contributed by atoms with E-state index in [1.54, 1.807) is 6.07 Å². The summed E-state index contributed by atoms with van der Waals surface area (Å²) in [5.74, 6) is 1.47. The Labute approximate surface area is 190 Å². The van der Waals surface area contributed by atoms with E-state index in [0.717, 1.165) is 76.2 Å². The molecule has 4 aliphatic carbocycles. The second-order valence-corrected chi connectivity index (χ2v) is 11.6. The van der Waals surface area contributed by atoms with Crippen molar-refractivity contribution in [2.75, 3.05) is 0 Å². The van der Waals surface area contributed by atoms with Gasteiger partial charge in [0.25, 0.3) is 0 Å². The van der Waals surface area contributed by atoms with E-state index in [1.165, 1.54) is 5.56 Å². The van der Waals surface area contributed by atoms with E-state index in [9.17, 15) is 18.0 Å². The molecule has 1 amide bonds. The van der Waals surface area contributed by atoms with E-state index in [2.05, 4.69) is 11.6 Å². The van der Waals surface area contributed by atoms with Crippen LogP contribution in [0.3, 0.4) is 0 Å². The lowest BCUT2D eigenvalue weighted by molar-refractivity contribution is -0.131. The second-order valence-electron chi connectivity index (χ2n) is 10.3. The van der Waals surface area contributed by atoms with E-state index in [4.69, 9.17) is 4.18 Å². The Morgan fingerprint density at radius 3 is 2.66 bits per heavy atom. The van der Waals surface area contributed by atoms with Crippen molar-refractivity contribution < 1.29 is 22.2 Å². The Morgan fingerprint density at radius 2 is 1.91 bits per heavy atom. The predicted molar refractivity (Wildman–Crippen MR) is 120 cm³/mol. The molecule has 6 nitrogen and oxygen atoms in total. The zero-order valence-electron chi connectivity index (χ0n) is 18.8. The summed E-state index contributed by atoms with van der Waals surface area (Å²) in [6.07, 6.45) is 9.96. The number of Topliss-reactive ketones (excluding diaryl/α,β-unsaturated/α-hetero) is 1. The number of benzene rings is 1. The molecule has 4 atom stereocenters. The van der Waals surface area contributed by atoms with Gasteiger partial charge in [0.2, 0.25) is 5.91 Å². The lowest BCUT2D eigenvalue weighted by atomic mass is 9.54. The SMILES string of the molecule is CCC12CCC3c4ccc(OS(=O)(=O)NC(=O)C5CCCC5)cc4CCC3C1CCC2=O. The van der Waals surface area contributed by atoms with Gasteiger partial charge < -0.3 is 4.18 Å². The van der Waals surface area contributed by atoms with Crippen LogP contribution < -0.4 is 8.91 Å². The molecule has 0 heterocycles. The molecule has 4 aliphatic rings. The van der Waals surface area contributed by atoms with Gasteiger partial charge >= 0.3 is 10.3 Å². The number of carbonyl (C=O) groups is 2. The summed E-state index contributed by atoms with van der Waals surface area (Å²) in [6.45, 7) is 2.17. The van der Waals surface area contributed by atoms with Crippen molar-refractivity contribution in [1.29, 1.82) is 0 Å². The number of carbonyl (C=O) groups excluding carboxylic acids is 2. The Hall–Kier alpha value is -1.89. The first-order valence-electron chi connectivity index (χ1n) is 12.2. The number of aryl methyl sites for hydroxylation is 1. The minimum Gasteiger partial charge on any atom is -0.367 e. The molecule has 1 aromatic carbocycles. The van der Waals surface area contributed by atoms with Crippen LogP contribution in [-0.4, -0.2) is 20.1 Å². The van der Waals surface area contributed by atoms with E-state index < -0.39 is 16.2 Å². The molecule has 3 saturated carbocycles. The summed E-state index contributed by atoms with van der Waals surface area (Å²) in [5.41, 5.74) is 2.31. The van der Waals surface area contributed by atoms with E-state index in [1.807, 2.05) is 12.1 Å². The van der Waals surface area contributed by atoms with Gasteiger partial charge in [0.05, 0.1) is 0 Å². The number of hydrogen-bond acceptors (Lipinski definition) is 5. The van der Waals surface area contributed by atoms with Gasteiger partial charge in [-0.15, -0.1) is 0 Å². The van der Waals surface area contributed by atoms with Crippen LogP contribution in [0.1, 0.15) is 88.2 Å². The van der Waals surface area contributed by atoms with Gasteiger partial charge in [-0.05, 0) is 92.4 Å². The molecule has 174 valence electrons. The molecule has 1 N–H and O–H groups in total. The standard InChI is InChI=1S/C25H33NO5S/c1-2-25-14-13-20-19-10-8-18(31-32(29,30)26-24(28)16-5-3-4-6-16)15-17(19)7-9-21(20)22(25)11-12-23(25)27/h8,10,15-16,20-22H,2-7,9,11-14H2,1H3,(H,26,28). The molecular formula is C25H33NO5S. The highest BCUT2D eigenvalue weighted by Gasteiger charge is 2.56.